The van der Waals surface area contributed by atoms with Gasteiger partial charge in [-0.2, -0.15) is 15.3 Å². The van der Waals surface area contributed by atoms with Crippen LogP contribution in [0, 0.1) is 0 Å². The number of hydrogen-bond donors (Lipinski definition) is 2. The average Bonchev–Trinajstić information content (AvgIpc) is 2.75. The normalized spacial score (nSPS) is 12.6. The molecular formula is C11H15BrN6. The van der Waals surface area contributed by atoms with Gasteiger partial charge in [0, 0.05) is 12.7 Å². The molecule has 3 N–H and O–H groups in total. The molecule has 0 saturated carbocycles. The summed E-state index contributed by atoms with van der Waals surface area (Å²) in [6.07, 6.45) is 6.13. The third-order valence-corrected chi connectivity index (χ3v) is 3.26. The first-order chi connectivity index (χ1) is 8.77. The SMILES string of the molecule is CCCn1ncc(Br)c1C(NN)c1ccnnc1. The Morgan fingerprint density at radius 1 is 1.44 bits per heavy atom. The molecule has 0 radical (unpaired) electrons. The minimum absolute atomic E-state index is 0.163. The summed E-state index contributed by atoms with van der Waals surface area (Å²) in [7, 11) is 0. The van der Waals surface area contributed by atoms with E-state index in [-0.39, 0.29) is 6.04 Å². The maximum Gasteiger partial charge on any atom is 0.0905 e. The number of halogens is 1. The minimum atomic E-state index is -0.163. The van der Waals surface area contributed by atoms with Crippen molar-refractivity contribution >= 4 is 15.9 Å². The van der Waals surface area contributed by atoms with Crippen LogP contribution >= 0.6 is 15.9 Å². The Morgan fingerprint density at radius 3 is 2.89 bits per heavy atom. The zero-order valence-electron chi connectivity index (χ0n) is 10.0. The predicted molar refractivity (Wildman–Crippen MR) is 71.4 cm³/mol. The molecule has 18 heavy (non-hydrogen) atoms. The Labute approximate surface area is 114 Å². The van der Waals surface area contributed by atoms with Gasteiger partial charge in [0.05, 0.1) is 28.6 Å². The van der Waals surface area contributed by atoms with Gasteiger partial charge in [0.2, 0.25) is 0 Å². The molecule has 0 aliphatic carbocycles. The van der Waals surface area contributed by atoms with Crippen LogP contribution in [0.4, 0.5) is 0 Å². The fourth-order valence-electron chi connectivity index (χ4n) is 1.85. The second-order valence-corrected chi connectivity index (χ2v) is 4.73. The molecule has 96 valence electrons. The summed E-state index contributed by atoms with van der Waals surface area (Å²) in [4.78, 5) is 0. The number of nitrogens with zero attached hydrogens (tertiary/aromatic N) is 4. The van der Waals surface area contributed by atoms with Crippen molar-refractivity contribution in [2.45, 2.75) is 25.9 Å². The van der Waals surface area contributed by atoms with Crippen LogP contribution < -0.4 is 11.3 Å². The van der Waals surface area contributed by atoms with Gasteiger partial charge in [-0.15, -0.1) is 0 Å². The molecule has 1 unspecified atom stereocenters. The standard InChI is InChI=1S/C11H15BrN6/c1-2-5-18-11(9(12)7-16-18)10(17-13)8-3-4-14-15-6-8/h3-4,6-7,10,17H,2,5,13H2,1H3. The Balaban J connectivity index is 2.41. The van der Waals surface area contributed by atoms with Crippen LogP contribution in [-0.4, -0.2) is 20.0 Å². The molecular weight excluding hydrogens is 296 g/mol. The minimum Gasteiger partial charge on any atom is -0.271 e. The lowest BCUT2D eigenvalue weighted by molar-refractivity contribution is 0.518. The van der Waals surface area contributed by atoms with E-state index in [2.05, 4.69) is 43.6 Å². The second-order valence-electron chi connectivity index (χ2n) is 3.88. The van der Waals surface area contributed by atoms with E-state index >= 15 is 0 Å². The van der Waals surface area contributed by atoms with Gasteiger partial charge in [-0.3, -0.25) is 10.5 Å². The highest BCUT2D eigenvalue weighted by molar-refractivity contribution is 9.10. The smallest absolute Gasteiger partial charge is 0.0905 e. The molecule has 0 aliphatic rings. The highest BCUT2D eigenvalue weighted by atomic mass is 79.9. The summed E-state index contributed by atoms with van der Waals surface area (Å²) >= 11 is 3.51. The first-order valence-corrected chi connectivity index (χ1v) is 6.51. The maximum atomic E-state index is 5.67. The van der Waals surface area contributed by atoms with E-state index in [1.165, 1.54) is 0 Å². The van der Waals surface area contributed by atoms with Crippen LogP contribution in [0.3, 0.4) is 0 Å². The molecule has 0 aliphatic heterocycles. The summed E-state index contributed by atoms with van der Waals surface area (Å²) in [5.41, 5.74) is 4.74. The monoisotopic (exact) mass is 310 g/mol. The van der Waals surface area contributed by atoms with Crippen LogP contribution in [0.1, 0.15) is 30.6 Å². The quantitative estimate of drug-likeness (QED) is 0.644. The first kappa shape index (κ1) is 13.1. The van der Waals surface area contributed by atoms with E-state index in [4.69, 9.17) is 5.84 Å². The fourth-order valence-corrected chi connectivity index (χ4v) is 2.38. The average molecular weight is 311 g/mol. The van der Waals surface area contributed by atoms with Gasteiger partial charge in [-0.05, 0) is 34.0 Å². The summed E-state index contributed by atoms with van der Waals surface area (Å²) < 4.78 is 2.87. The number of aryl methyl sites for hydroxylation is 1. The van der Waals surface area contributed by atoms with Crippen molar-refractivity contribution in [1.29, 1.82) is 0 Å². The molecule has 2 aromatic rings. The van der Waals surface area contributed by atoms with Gasteiger partial charge in [0.25, 0.3) is 0 Å². The Hall–Kier alpha value is -1.31. The molecule has 0 aromatic carbocycles. The molecule has 7 heteroatoms. The third-order valence-electron chi connectivity index (χ3n) is 2.65. The van der Waals surface area contributed by atoms with Crippen LogP contribution in [0.2, 0.25) is 0 Å². The van der Waals surface area contributed by atoms with Gasteiger partial charge in [0.15, 0.2) is 0 Å². The maximum absolute atomic E-state index is 5.67. The number of aromatic nitrogens is 4. The molecule has 1 atom stereocenters. The number of hydrazine groups is 1. The van der Waals surface area contributed by atoms with Crippen LogP contribution in [-0.2, 0) is 6.54 Å². The van der Waals surface area contributed by atoms with Crippen molar-refractivity contribution in [1.82, 2.24) is 25.4 Å². The summed E-state index contributed by atoms with van der Waals surface area (Å²) in [5, 5.41) is 12.0. The van der Waals surface area contributed by atoms with Crippen molar-refractivity contribution in [3.05, 3.63) is 40.4 Å². The van der Waals surface area contributed by atoms with Gasteiger partial charge in [0.1, 0.15) is 0 Å². The zero-order chi connectivity index (χ0) is 13.0. The third kappa shape index (κ3) is 2.58. The lowest BCUT2D eigenvalue weighted by atomic mass is 10.1. The van der Waals surface area contributed by atoms with E-state index in [1.807, 2.05) is 10.7 Å². The first-order valence-electron chi connectivity index (χ1n) is 5.71. The van der Waals surface area contributed by atoms with Crippen molar-refractivity contribution in [2.24, 2.45) is 5.84 Å². The molecule has 0 amide bonds. The molecule has 0 bridgehead atoms. The van der Waals surface area contributed by atoms with Gasteiger partial charge >= 0.3 is 0 Å². The van der Waals surface area contributed by atoms with E-state index < -0.39 is 0 Å². The highest BCUT2D eigenvalue weighted by Gasteiger charge is 2.20. The Kier molecular flexibility index (Phi) is 4.40. The lowest BCUT2D eigenvalue weighted by Gasteiger charge is -2.18. The molecule has 0 spiro atoms. The number of rotatable bonds is 5. The second kappa shape index (κ2) is 6.03. The molecule has 2 heterocycles. The van der Waals surface area contributed by atoms with Crippen molar-refractivity contribution < 1.29 is 0 Å². The molecule has 6 nitrogen and oxygen atoms in total. The van der Waals surface area contributed by atoms with Crippen LogP contribution in [0.5, 0.6) is 0 Å². The number of hydrogen-bond acceptors (Lipinski definition) is 5. The Bertz CT molecular complexity index is 497. The fraction of sp³-hybridized carbons (Fsp3) is 0.364. The van der Waals surface area contributed by atoms with E-state index in [9.17, 15) is 0 Å². The highest BCUT2D eigenvalue weighted by Crippen LogP contribution is 2.27. The Morgan fingerprint density at radius 2 is 2.28 bits per heavy atom. The zero-order valence-corrected chi connectivity index (χ0v) is 11.6. The molecule has 2 aromatic heterocycles. The molecule has 0 saturated heterocycles. The number of nitrogens with two attached hydrogens (primary N) is 1. The van der Waals surface area contributed by atoms with Crippen LogP contribution in [0.25, 0.3) is 0 Å². The summed E-state index contributed by atoms with van der Waals surface area (Å²) in [5.74, 6) is 5.67. The number of nitrogens with one attached hydrogen (secondary N) is 1. The molecule has 2 rings (SSSR count). The lowest BCUT2D eigenvalue weighted by Crippen LogP contribution is -2.31. The van der Waals surface area contributed by atoms with E-state index in [0.717, 1.165) is 28.7 Å². The largest absolute Gasteiger partial charge is 0.271 e. The van der Waals surface area contributed by atoms with Crippen molar-refractivity contribution in [2.75, 3.05) is 0 Å². The van der Waals surface area contributed by atoms with Crippen molar-refractivity contribution in [3.8, 4) is 0 Å². The summed E-state index contributed by atoms with van der Waals surface area (Å²) in [6.45, 7) is 2.95. The topological polar surface area (TPSA) is 81.7 Å². The van der Waals surface area contributed by atoms with Gasteiger partial charge in [-0.25, -0.2) is 5.43 Å². The van der Waals surface area contributed by atoms with Gasteiger partial charge < -0.3 is 0 Å². The summed E-state index contributed by atoms with van der Waals surface area (Å²) in [6, 6.07) is 1.72. The van der Waals surface area contributed by atoms with Crippen LogP contribution in [0.15, 0.2) is 29.1 Å². The van der Waals surface area contributed by atoms with Crippen molar-refractivity contribution in [3.63, 3.8) is 0 Å². The van der Waals surface area contributed by atoms with Gasteiger partial charge in [-0.1, -0.05) is 6.92 Å². The predicted octanol–water partition coefficient (Wildman–Crippen LogP) is 1.40. The van der Waals surface area contributed by atoms with E-state index in [1.54, 1.807) is 18.6 Å². The molecule has 0 fully saturated rings. The van der Waals surface area contributed by atoms with E-state index in [0.29, 0.717) is 0 Å².